The number of aliphatic carboxylic acids is 1. The number of rotatable bonds is 4. The first kappa shape index (κ1) is 17.2. The smallest absolute Gasteiger partial charge is 0.306 e. The number of carboxylic acid groups (broad SMARTS) is 1. The van der Waals surface area contributed by atoms with Crippen molar-refractivity contribution in [2.24, 2.45) is 5.92 Å². The summed E-state index contributed by atoms with van der Waals surface area (Å²) >= 11 is 1.77. The molecule has 0 spiro atoms. The number of carboxylic acids is 1. The van der Waals surface area contributed by atoms with Crippen LogP contribution in [0.2, 0.25) is 0 Å². The molecule has 5 heteroatoms. The molecule has 26 heavy (non-hydrogen) atoms. The normalized spacial score (nSPS) is 17.4. The summed E-state index contributed by atoms with van der Waals surface area (Å²) in [7, 11) is 0. The number of aromatic nitrogens is 1. The maximum atomic E-state index is 11.3. The van der Waals surface area contributed by atoms with Crippen LogP contribution >= 0.6 is 11.3 Å². The van der Waals surface area contributed by atoms with E-state index >= 15 is 0 Å². The maximum Gasteiger partial charge on any atom is 0.306 e. The number of likely N-dealkylation sites (tertiary alicyclic amines) is 1. The van der Waals surface area contributed by atoms with Crippen LogP contribution in [0.3, 0.4) is 0 Å². The summed E-state index contributed by atoms with van der Waals surface area (Å²) in [6, 6.07) is 12.7. The minimum atomic E-state index is -0.666. The number of hydrogen-bond acceptors (Lipinski definition) is 4. The first-order chi connectivity index (χ1) is 12.6. The number of carbonyl (C=O) groups is 1. The summed E-state index contributed by atoms with van der Waals surface area (Å²) in [5.74, 6) is -0.882. The second kappa shape index (κ2) is 7.17. The van der Waals surface area contributed by atoms with Crippen molar-refractivity contribution < 1.29 is 9.90 Å². The van der Waals surface area contributed by atoms with Crippen molar-refractivity contribution in [3.05, 3.63) is 64.0 Å². The number of hydrogen-bond donors (Lipinski definition) is 1. The fraction of sp³-hybridized carbons (Fsp3) is 0.333. The zero-order chi connectivity index (χ0) is 18.1. The summed E-state index contributed by atoms with van der Waals surface area (Å²) in [5, 5.41) is 12.6. The number of thiophene rings is 1. The Morgan fingerprint density at radius 1 is 1.27 bits per heavy atom. The van der Waals surface area contributed by atoms with E-state index in [2.05, 4.69) is 40.4 Å². The molecular weight excluding hydrogens is 344 g/mol. The van der Waals surface area contributed by atoms with Gasteiger partial charge < -0.3 is 5.11 Å². The molecule has 1 aliphatic heterocycles. The molecular formula is C21H22N2O2S. The van der Waals surface area contributed by atoms with Crippen LogP contribution in [0.1, 0.15) is 34.9 Å². The molecule has 2 aromatic heterocycles. The highest BCUT2D eigenvalue weighted by atomic mass is 32.1. The molecule has 3 aromatic rings. The van der Waals surface area contributed by atoms with Crippen LogP contribution < -0.4 is 0 Å². The minimum Gasteiger partial charge on any atom is -0.481 e. The largest absolute Gasteiger partial charge is 0.481 e. The van der Waals surface area contributed by atoms with Gasteiger partial charge in [0.1, 0.15) is 0 Å². The molecule has 1 unspecified atom stereocenters. The predicted molar refractivity (Wildman–Crippen MR) is 105 cm³/mol. The molecule has 1 saturated heterocycles. The first-order valence-corrected chi connectivity index (χ1v) is 9.87. The molecule has 0 radical (unpaired) electrons. The van der Waals surface area contributed by atoms with Crippen molar-refractivity contribution >= 4 is 28.2 Å². The molecule has 1 N–H and O–H groups in total. The van der Waals surface area contributed by atoms with E-state index in [1.807, 2.05) is 24.4 Å². The number of nitrogens with zero attached hydrogens (tertiary/aromatic N) is 2. The van der Waals surface area contributed by atoms with E-state index in [1.165, 1.54) is 16.0 Å². The summed E-state index contributed by atoms with van der Waals surface area (Å²) in [6.45, 7) is 3.74. The average molecular weight is 366 g/mol. The van der Waals surface area contributed by atoms with Crippen LogP contribution in [0.5, 0.6) is 0 Å². The van der Waals surface area contributed by atoms with Gasteiger partial charge in [0.2, 0.25) is 0 Å². The van der Waals surface area contributed by atoms with Crippen molar-refractivity contribution in [2.45, 2.75) is 25.8 Å². The second-order valence-corrected chi connectivity index (χ2v) is 7.93. The fourth-order valence-electron chi connectivity index (χ4n) is 3.83. The monoisotopic (exact) mass is 366 g/mol. The van der Waals surface area contributed by atoms with Crippen LogP contribution in [-0.4, -0.2) is 34.0 Å². The molecule has 1 fully saturated rings. The topological polar surface area (TPSA) is 53.4 Å². The molecule has 1 aromatic carbocycles. The zero-order valence-electron chi connectivity index (χ0n) is 14.8. The van der Waals surface area contributed by atoms with Gasteiger partial charge in [0.25, 0.3) is 0 Å². The van der Waals surface area contributed by atoms with Crippen LogP contribution in [0, 0.1) is 12.8 Å². The number of aryl methyl sites for hydroxylation is 1. The molecule has 134 valence electrons. The Bertz CT molecular complexity index is 928. The van der Waals surface area contributed by atoms with E-state index in [0.29, 0.717) is 12.8 Å². The van der Waals surface area contributed by atoms with E-state index in [-0.39, 0.29) is 12.0 Å². The van der Waals surface area contributed by atoms with Gasteiger partial charge in [-0.05, 0) is 67.6 Å². The zero-order valence-corrected chi connectivity index (χ0v) is 15.6. The van der Waals surface area contributed by atoms with E-state index in [0.717, 1.165) is 24.0 Å². The van der Waals surface area contributed by atoms with Gasteiger partial charge in [-0.2, -0.15) is 0 Å². The summed E-state index contributed by atoms with van der Waals surface area (Å²) in [5.41, 5.74) is 3.47. The fourth-order valence-corrected chi connectivity index (χ4v) is 4.92. The quantitative estimate of drug-likeness (QED) is 0.739. The van der Waals surface area contributed by atoms with Crippen LogP contribution in [0.4, 0.5) is 0 Å². The predicted octanol–water partition coefficient (Wildman–Crippen LogP) is 4.49. The van der Waals surface area contributed by atoms with Crippen molar-refractivity contribution in [1.29, 1.82) is 0 Å². The van der Waals surface area contributed by atoms with Gasteiger partial charge in [-0.25, -0.2) is 0 Å². The van der Waals surface area contributed by atoms with E-state index < -0.39 is 5.97 Å². The van der Waals surface area contributed by atoms with Gasteiger partial charge in [-0.1, -0.05) is 18.2 Å². The van der Waals surface area contributed by atoms with Crippen LogP contribution in [0.15, 0.2) is 48.0 Å². The number of piperidine rings is 1. The highest BCUT2D eigenvalue weighted by Gasteiger charge is 2.31. The van der Waals surface area contributed by atoms with Gasteiger partial charge in [0.15, 0.2) is 0 Å². The Hall–Kier alpha value is -2.24. The lowest BCUT2D eigenvalue weighted by molar-refractivity contribution is -0.143. The van der Waals surface area contributed by atoms with Crippen molar-refractivity contribution in [2.75, 3.05) is 13.1 Å². The van der Waals surface area contributed by atoms with E-state index in [9.17, 15) is 9.90 Å². The Morgan fingerprint density at radius 3 is 2.73 bits per heavy atom. The first-order valence-electron chi connectivity index (χ1n) is 8.99. The third-order valence-corrected chi connectivity index (χ3v) is 6.39. The Morgan fingerprint density at radius 2 is 2.04 bits per heavy atom. The molecule has 1 atom stereocenters. The van der Waals surface area contributed by atoms with Crippen LogP contribution in [0.25, 0.3) is 10.9 Å². The second-order valence-electron chi connectivity index (χ2n) is 6.98. The Labute approximate surface area is 157 Å². The summed E-state index contributed by atoms with van der Waals surface area (Å²) in [4.78, 5) is 19.7. The number of pyridine rings is 1. The lowest BCUT2D eigenvalue weighted by atomic mass is 9.93. The van der Waals surface area contributed by atoms with E-state index in [4.69, 9.17) is 0 Å². The average Bonchev–Trinajstić information content (AvgIpc) is 3.08. The van der Waals surface area contributed by atoms with Gasteiger partial charge in [0.05, 0.1) is 17.5 Å². The molecule has 0 saturated carbocycles. The highest BCUT2D eigenvalue weighted by Crippen LogP contribution is 2.37. The third kappa shape index (κ3) is 3.24. The van der Waals surface area contributed by atoms with Gasteiger partial charge in [-0.3, -0.25) is 14.7 Å². The van der Waals surface area contributed by atoms with E-state index in [1.54, 1.807) is 11.3 Å². The maximum absolute atomic E-state index is 11.3. The highest BCUT2D eigenvalue weighted by molar-refractivity contribution is 7.10. The molecule has 4 rings (SSSR count). The molecule has 0 aliphatic carbocycles. The summed E-state index contributed by atoms with van der Waals surface area (Å²) < 4.78 is 0. The van der Waals surface area contributed by atoms with Gasteiger partial charge >= 0.3 is 5.97 Å². The van der Waals surface area contributed by atoms with Crippen molar-refractivity contribution in [3.63, 3.8) is 0 Å². The number of para-hydroxylation sites is 1. The number of benzene rings is 1. The Balaban J connectivity index is 1.71. The molecule has 4 nitrogen and oxygen atoms in total. The molecule has 0 bridgehead atoms. The standard InChI is InChI=1S/C21H22N2O2S/c1-14-8-11-26-20(14)19(23-9-6-15(7-10-23)21(24)25)17-12-16-4-2-3-5-18(16)22-13-17/h2-5,8,11-13,15,19H,6-7,9-10H2,1H3,(H,24,25). The Kier molecular flexibility index (Phi) is 4.74. The van der Waals surface area contributed by atoms with Gasteiger partial charge in [0, 0.05) is 16.5 Å². The minimum absolute atomic E-state index is 0.141. The summed E-state index contributed by atoms with van der Waals surface area (Å²) in [6.07, 6.45) is 3.39. The van der Waals surface area contributed by atoms with Crippen molar-refractivity contribution in [3.8, 4) is 0 Å². The third-order valence-electron chi connectivity index (χ3n) is 5.32. The lowest BCUT2D eigenvalue weighted by Crippen LogP contribution is -2.39. The molecule has 1 aliphatic rings. The van der Waals surface area contributed by atoms with Crippen LogP contribution in [-0.2, 0) is 4.79 Å². The molecule has 3 heterocycles. The van der Waals surface area contributed by atoms with Gasteiger partial charge in [-0.15, -0.1) is 11.3 Å². The van der Waals surface area contributed by atoms with Crippen molar-refractivity contribution in [1.82, 2.24) is 9.88 Å². The number of fused-ring (bicyclic) bond motifs is 1. The molecule has 0 amide bonds. The SMILES string of the molecule is Cc1ccsc1C(c1cnc2ccccc2c1)N1CCC(C(=O)O)CC1. The lowest BCUT2D eigenvalue weighted by Gasteiger charge is -2.36.